The third-order valence-electron chi connectivity index (χ3n) is 3.92. The Morgan fingerprint density at radius 1 is 1.07 bits per heavy atom. The molecule has 0 aliphatic carbocycles. The molecule has 1 atom stereocenters. The van der Waals surface area contributed by atoms with E-state index in [-0.39, 0.29) is 6.61 Å². The summed E-state index contributed by atoms with van der Waals surface area (Å²) >= 11 is 2.71. The van der Waals surface area contributed by atoms with Gasteiger partial charge in [0.25, 0.3) is 5.91 Å². The van der Waals surface area contributed by atoms with Crippen LogP contribution in [-0.2, 0) is 19.1 Å². The Bertz CT molecular complexity index is 996. The Morgan fingerprint density at radius 3 is 2.45 bits per heavy atom. The van der Waals surface area contributed by atoms with Crippen LogP contribution in [0.3, 0.4) is 0 Å². The Balaban J connectivity index is 1.94. The first-order valence-electron chi connectivity index (χ1n) is 8.86. The number of carbonyl (C=O) groups is 3. The summed E-state index contributed by atoms with van der Waals surface area (Å²) in [6, 6.07) is 12.5. The highest BCUT2D eigenvalue weighted by Crippen LogP contribution is 2.38. The first-order valence-corrected chi connectivity index (χ1v) is 10.6. The summed E-state index contributed by atoms with van der Waals surface area (Å²) in [5, 5.41) is 6.81. The van der Waals surface area contributed by atoms with Gasteiger partial charge in [-0.1, -0.05) is 36.4 Å². The van der Waals surface area contributed by atoms with Crippen molar-refractivity contribution in [2.45, 2.75) is 20.0 Å². The summed E-state index contributed by atoms with van der Waals surface area (Å²) in [5.74, 6) is -1.64. The molecule has 1 amide bonds. The topological polar surface area (TPSA) is 81.7 Å². The predicted octanol–water partition coefficient (Wildman–Crippen LogP) is 4.90. The molecular formula is C21H19NO5S2. The molecular weight excluding hydrogens is 410 g/mol. The third kappa shape index (κ3) is 4.90. The van der Waals surface area contributed by atoms with Crippen molar-refractivity contribution in [3.05, 3.63) is 64.4 Å². The van der Waals surface area contributed by atoms with Gasteiger partial charge in [0.05, 0.1) is 6.61 Å². The van der Waals surface area contributed by atoms with Gasteiger partial charge in [0, 0.05) is 28.3 Å². The molecule has 0 saturated heterocycles. The number of benzene rings is 1. The summed E-state index contributed by atoms with van der Waals surface area (Å²) in [6.45, 7) is 3.18. The first-order chi connectivity index (χ1) is 14.0. The zero-order chi connectivity index (χ0) is 20.8. The Labute approximate surface area is 176 Å². The number of anilines is 1. The molecule has 1 N–H and O–H groups in total. The van der Waals surface area contributed by atoms with Crippen LogP contribution in [0.2, 0.25) is 0 Å². The SMILES string of the molecule is CCOC(=O)c1c(-c2cccs2)csc1NC(=O)[C@H](OC(C)=O)c1ccccc1. The van der Waals surface area contributed by atoms with Crippen molar-refractivity contribution < 1.29 is 23.9 Å². The maximum Gasteiger partial charge on any atom is 0.341 e. The summed E-state index contributed by atoms with van der Waals surface area (Å²) in [5.41, 5.74) is 1.53. The van der Waals surface area contributed by atoms with Crippen LogP contribution < -0.4 is 5.32 Å². The van der Waals surface area contributed by atoms with Crippen LogP contribution in [0.25, 0.3) is 10.4 Å². The molecule has 0 unspecified atom stereocenters. The smallest absolute Gasteiger partial charge is 0.341 e. The van der Waals surface area contributed by atoms with Gasteiger partial charge >= 0.3 is 11.9 Å². The van der Waals surface area contributed by atoms with Crippen LogP contribution in [0.15, 0.2) is 53.2 Å². The standard InChI is InChI=1S/C21H19NO5S2/c1-3-26-21(25)17-15(16-10-7-11-28-16)12-29-20(17)22-19(24)18(27-13(2)23)14-8-5-4-6-9-14/h4-12,18H,3H2,1-2H3,(H,22,24)/t18-/m1/s1. The molecule has 150 valence electrons. The Morgan fingerprint density at radius 2 is 1.83 bits per heavy atom. The molecule has 0 bridgehead atoms. The van der Waals surface area contributed by atoms with E-state index in [1.165, 1.54) is 29.6 Å². The summed E-state index contributed by atoms with van der Waals surface area (Å²) in [7, 11) is 0. The summed E-state index contributed by atoms with van der Waals surface area (Å²) in [4.78, 5) is 38.0. The van der Waals surface area contributed by atoms with E-state index in [0.717, 1.165) is 4.88 Å². The number of esters is 2. The van der Waals surface area contributed by atoms with E-state index in [9.17, 15) is 14.4 Å². The average molecular weight is 430 g/mol. The highest BCUT2D eigenvalue weighted by atomic mass is 32.1. The van der Waals surface area contributed by atoms with Gasteiger partial charge in [-0.15, -0.1) is 22.7 Å². The minimum atomic E-state index is -1.13. The zero-order valence-electron chi connectivity index (χ0n) is 15.8. The number of amides is 1. The lowest BCUT2D eigenvalue weighted by Crippen LogP contribution is -2.25. The van der Waals surface area contributed by atoms with Gasteiger partial charge in [0.1, 0.15) is 10.6 Å². The molecule has 6 nitrogen and oxygen atoms in total. The number of nitrogens with one attached hydrogen (secondary N) is 1. The number of hydrogen-bond donors (Lipinski definition) is 1. The minimum Gasteiger partial charge on any atom is -0.462 e. The molecule has 3 rings (SSSR count). The Kier molecular flexibility index (Phi) is 6.79. The molecule has 29 heavy (non-hydrogen) atoms. The maximum atomic E-state index is 12.9. The number of carbonyl (C=O) groups excluding carboxylic acids is 3. The molecule has 0 saturated carbocycles. The van der Waals surface area contributed by atoms with Gasteiger partial charge in [-0.2, -0.15) is 0 Å². The first kappa shape index (κ1) is 20.8. The molecule has 0 aliphatic rings. The lowest BCUT2D eigenvalue weighted by molar-refractivity contribution is -0.152. The number of hydrogen-bond acceptors (Lipinski definition) is 7. The fourth-order valence-corrected chi connectivity index (χ4v) is 4.49. The zero-order valence-corrected chi connectivity index (χ0v) is 17.5. The van der Waals surface area contributed by atoms with E-state index >= 15 is 0 Å². The largest absolute Gasteiger partial charge is 0.462 e. The van der Waals surface area contributed by atoms with E-state index in [1.54, 1.807) is 42.6 Å². The second-order valence-corrected chi connectivity index (χ2v) is 7.77. The quantitative estimate of drug-likeness (QED) is 0.541. The van der Waals surface area contributed by atoms with Gasteiger partial charge < -0.3 is 14.8 Å². The van der Waals surface area contributed by atoms with Crippen molar-refractivity contribution >= 4 is 45.5 Å². The molecule has 0 fully saturated rings. The molecule has 2 aromatic heterocycles. The van der Waals surface area contributed by atoms with Gasteiger partial charge in [-0.25, -0.2) is 4.79 Å². The molecule has 3 aromatic rings. The fourth-order valence-electron chi connectivity index (χ4n) is 2.71. The highest BCUT2D eigenvalue weighted by Gasteiger charge is 2.28. The van der Waals surface area contributed by atoms with E-state index in [2.05, 4.69) is 5.32 Å². The lowest BCUT2D eigenvalue weighted by atomic mass is 10.1. The molecule has 1 aromatic carbocycles. The van der Waals surface area contributed by atoms with Crippen molar-refractivity contribution in [2.24, 2.45) is 0 Å². The second kappa shape index (κ2) is 9.49. The van der Waals surface area contributed by atoms with Crippen molar-refractivity contribution in [1.29, 1.82) is 0 Å². The normalized spacial score (nSPS) is 11.5. The molecule has 0 spiro atoms. The van der Waals surface area contributed by atoms with Gasteiger partial charge in [0.15, 0.2) is 0 Å². The molecule has 0 aliphatic heterocycles. The maximum absolute atomic E-state index is 12.9. The van der Waals surface area contributed by atoms with Crippen LogP contribution >= 0.6 is 22.7 Å². The van der Waals surface area contributed by atoms with Crippen molar-refractivity contribution in [2.75, 3.05) is 11.9 Å². The Hall–Kier alpha value is -2.97. The van der Waals surface area contributed by atoms with E-state index in [1.807, 2.05) is 17.5 Å². The number of rotatable bonds is 7. The number of ether oxygens (including phenoxy) is 2. The van der Waals surface area contributed by atoms with E-state index < -0.39 is 23.9 Å². The van der Waals surface area contributed by atoms with Gasteiger partial charge in [0.2, 0.25) is 6.10 Å². The third-order valence-corrected chi connectivity index (χ3v) is 5.72. The fraction of sp³-hybridized carbons (Fsp3) is 0.190. The minimum absolute atomic E-state index is 0.214. The van der Waals surface area contributed by atoms with Crippen molar-refractivity contribution in [3.63, 3.8) is 0 Å². The molecule has 8 heteroatoms. The summed E-state index contributed by atoms with van der Waals surface area (Å²) < 4.78 is 10.4. The van der Waals surface area contributed by atoms with Crippen molar-refractivity contribution in [1.82, 2.24) is 0 Å². The van der Waals surface area contributed by atoms with Gasteiger partial charge in [-0.3, -0.25) is 9.59 Å². The lowest BCUT2D eigenvalue weighted by Gasteiger charge is -2.17. The van der Waals surface area contributed by atoms with Crippen LogP contribution in [-0.4, -0.2) is 24.5 Å². The van der Waals surface area contributed by atoms with Crippen LogP contribution in [0.5, 0.6) is 0 Å². The van der Waals surface area contributed by atoms with Crippen LogP contribution in [0.1, 0.15) is 35.9 Å². The van der Waals surface area contributed by atoms with E-state index in [0.29, 0.717) is 21.7 Å². The van der Waals surface area contributed by atoms with Gasteiger partial charge in [-0.05, 0) is 18.4 Å². The molecule has 2 heterocycles. The summed E-state index contributed by atoms with van der Waals surface area (Å²) in [6.07, 6.45) is -1.13. The van der Waals surface area contributed by atoms with E-state index in [4.69, 9.17) is 9.47 Å². The average Bonchev–Trinajstić information content (AvgIpc) is 3.36. The van der Waals surface area contributed by atoms with Crippen molar-refractivity contribution in [3.8, 4) is 10.4 Å². The van der Waals surface area contributed by atoms with Crippen LogP contribution in [0.4, 0.5) is 5.00 Å². The van der Waals surface area contributed by atoms with Crippen LogP contribution in [0, 0.1) is 0 Å². The number of thiophene rings is 2. The monoisotopic (exact) mass is 429 g/mol. The highest BCUT2D eigenvalue weighted by molar-refractivity contribution is 7.17. The molecule has 0 radical (unpaired) electrons. The predicted molar refractivity (Wildman–Crippen MR) is 113 cm³/mol. The second-order valence-electron chi connectivity index (χ2n) is 5.94.